The molecule has 180 valence electrons. The van der Waals surface area contributed by atoms with Crippen molar-refractivity contribution >= 4 is 11.7 Å². The number of fused-ring (bicyclic) bond motifs is 1. The zero-order chi connectivity index (χ0) is 24.1. The van der Waals surface area contributed by atoms with Crippen LogP contribution in [-0.2, 0) is 33.2 Å². The molecule has 3 saturated heterocycles. The van der Waals surface area contributed by atoms with Crippen molar-refractivity contribution in [3.05, 3.63) is 52.1 Å². The second-order valence-corrected chi connectivity index (χ2v) is 9.08. The maximum absolute atomic E-state index is 12.7. The third-order valence-corrected chi connectivity index (χ3v) is 5.68. The normalized spacial score (nSPS) is 32.8. The Hall–Kier alpha value is -2.41. The van der Waals surface area contributed by atoms with Gasteiger partial charge in [-0.3, -0.25) is 10.1 Å². The molecule has 11 nitrogen and oxygen atoms in total. The number of hydrogen-bond acceptors (Lipinski definition) is 10. The number of rotatable bonds is 6. The van der Waals surface area contributed by atoms with E-state index in [2.05, 4.69) is 6.58 Å². The Balaban J connectivity index is 1.45. The quantitative estimate of drug-likeness (QED) is 0.288. The number of ether oxygens (including phenoxy) is 6. The van der Waals surface area contributed by atoms with Gasteiger partial charge in [-0.25, -0.2) is 4.79 Å². The maximum atomic E-state index is 12.7. The first-order valence-electron chi connectivity index (χ1n) is 10.5. The fourth-order valence-corrected chi connectivity index (χ4v) is 4.14. The van der Waals surface area contributed by atoms with E-state index in [-0.39, 0.29) is 23.4 Å². The van der Waals surface area contributed by atoms with Crippen LogP contribution in [-0.4, -0.2) is 64.9 Å². The van der Waals surface area contributed by atoms with Gasteiger partial charge in [0.2, 0.25) is 6.29 Å². The fourth-order valence-electron chi connectivity index (χ4n) is 4.14. The van der Waals surface area contributed by atoms with Gasteiger partial charge in [-0.2, -0.15) is 0 Å². The van der Waals surface area contributed by atoms with Gasteiger partial charge in [-0.1, -0.05) is 6.58 Å². The average Bonchev–Trinajstić information content (AvgIpc) is 3.37. The molecule has 33 heavy (non-hydrogen) atoms. The first-order valence-corrected chi connectivity index (χ1v) is 10.5. The lowest BCUT2D eigenvalue weighted by atomic mass is 10.0. The lowest BCUT2D eigenvalue weighted by Gasteiger charge is -2.27. The van der Waals surface area contributed by atoms with Crippen molar-refractivity contribution in [1.82, 2.24) is 0 Å². The molecule has 0 aliphatic carbocycles. The number of non-ortho nitro benzene ring substituents is 1. The van der Waals surface area contributed by atoms with Crippen LogP contribution in [0.15, 0.2) is 36.4 Å². The smallest absolute Gasteiger partial charge is 0.338 e. The second kappa shape index (κ2) is 8.42. The van der Waals surface area contributed by atoms with Gasteiger partial charge in [-0.15, -0.1) is 0 Å². The van der Waals surface area contributed by atoms with Crippen LogP contribution in [0.5, 0.6) is 0 Å². The van der Waals surface area contributed by atoms with Crippen molar-refractivity contribution in [2.75, 3.05) is 6.61 Å². The molecule has 6 atom stereocenters. The summed E-state index contributed by atoms with van der Waals surface area (Å²) in [6, 6.07) is 5.14. The van der Waals surface area contributed by atoms with Crippen LogP contribution in [0.25, 0.3) is 0 Å². The molecule has 3 aliphatic heterocycles. The Kier molecular flexibility index (Phi) is 6.06. The largest absolute Gasteiger partial charge is 0.429 e. The van der Waals surface area contributed by atoms with E-state index in [0.717, 1.165) is 0 Å². The summed E-state index contributed by atoms with van der Waals surface area (Å²) in [5.74, 6) is -2.61. The van der Waals surface area contributed by atoms with E-state index in [9.17, 15) is 20.0 Å². The van der Waals surface area contributed by atoms with Crippen molar-refractivity contribution in [2.45, 2.75) is 76.1 Å². The Bertz CT molecular complexity index is 943. The van der Waals surface area contributed by atoms with Crippen molar-refractivity contribution in [3.63, 3.8) is 0 Å². The minimum absolute atomic E-state index is 0.141. The molecule has 4 rings (SSSR count). The highest BCUT2D eigenvalue weighted by atomic mass is 16.8. The number of nitrogens with zero attached hydrogens (tertiary/aromatic N) is 1. The van der Waals surface area contributed by atoms with Gasteiger partial charge >= 0.3 is 5.97 Å². The number of carbonyl (C=O) groups is 1. The molecule has 1 N–H and O–H groups in total. The maximum Gasteiger partial charge on any atom is 0.338 e. The average molecular weight is 465 g/mol. The van der Waals surface area contributed by atoms with Crippen LogP contribution in [0.1, 0.15) is 39.4 Å². The molecule has 3 heterocycles. The van der Waals surface area contributed by atoms with Crippen molar-refractivity contribution < 1.29 is 43.2 Å². The van der Waals surface area contributed by atoms with Gasteiger partial charge in [0.05, 0.1) is 17.1 Å². The third-order valence-electron chi connectivity index (χ3n) is 5.68. The Morgan fingerprint density at radius 1 is 1.12 bits per heavy atom. The summed E-state index contributed by atoms with van der Waals surface area (Å²) in [5.41, 5.74) is -0.143. The Morgan fingerprint density at radius 2 is 1.76 bits per heavy atom. The molecule has 0 spiro atoms. The van der Waals surface area contributed by atoms with E-state index < -0.39 is 59.3 Å². The number of nitro groups is 1. The lowest BCUT2D eigenvalue weighted by molar-refractivity contribution is -0.384. The molecule has 3 aliphatic rings. The highest BCUT2D eigenvalue weighted by Crippen LogP contribution is 2.42. The Labute approximate surface area is 190 Å². The summed E-state index contributed by atoms with van der Waals surface area (Å²) in [5, 5.41) is 21.3. The number of aliphatic hydroxyl groups is 1. The van der Waals surface area contributed by atoms with Crippen molar-refractivity contribution in [2.24, 2.45) is 0 Å². The first kappa shape index (κ1) is 23.7. The van der Waals surface area contributed by atoms with Crippen molar-refractivity contribution in [1.29, 1.82) is 0 Å². The Morgan fingerprint density at radius 3 is 2.33 bits per heavy atom. The van der Waals surface area contributed by atoms with Crippen LogP contribution in [0.4, 0.5) is 5.69 Å². The second-order valence-electron chi connectivity index (χ2n) is 9.08. The van der Waals surface area contributed by atoms with Gasteiger partial charge in [0, 0.05) is 12.1 Å². The van der Waals surface area contributed by atoms with Crippen LogP contribution >= 0.6 is 0 Å². The van der Waals surface area contributed by atoms with Crippen molar-refractivity contribution in [3.8, 4) is 0 Å². The van der Waals surface area contributed by atoms with E-state index in [1.807, 2.05) is 0 Å². The molecular formula is C22H27NO10. The SMILES string of the molecule is C=C(C(=O)O[C@H]1O[C@H]([C@H]2COC(C)(C)O2)[C@@H]2OC(C)(C)O[C@H]12)[C@H](O)c1ccc([N+](=O)[O-])cc1. The summed E-state index contributed by atoms with van der Waals surface area (Å²) < 4.78 is 34.9. The van der Waals surface area contributed by atoms with E-state index >= 15 is 0 Å². The van der Waals surface area contributed by atoms with E-state index in [1.165, 1.54) is 24.3 Å². The number of hydrogen-bond donors (Lipinski definition) is 1. The number of nitro benzene ring substituents is 1. The molecule has 11 heteroatoms. The number of esters is 1. The minimum atomic E-state index is -1.42. The van der Waals surface area contributed by atoms with Gasteiger partial charge in [-0.05, 0) is 45.4 Å². The molecule has 0 unspecified atom stereocenters. The highest BCUT2D eigenvalue weighted by Gasteiger charge is 2.60. The zero-order valence-electron chi connectivity index (χ0n) is 18.8. The highest BCUT2D eigenvalue weighted by molar-refractivity contribution is 5.89. The summed E-state index contributed by atoms with van der Waals surface area (Å²) >= 11 is 0. The molecule has 0 aromatic heterocycles. The molecule has 1 aromatic rings. The van der Waals surface area contributed by atoms with E-state index in [1.54, 1.807) is 27.7 Å². The van der Waals surface area contributed by atoms with Gasteiger partial charge in [0.25, 0.3) is 5.69 Å². The molecule has 3 fully saturated rings. The monoisotopic (exact) mass is 465 g/mol. The predicted octanol–water partition coefficient (Wildman–Crippen LogP) is 2.12. The van der Waals surface area contributed by atoms with Gasteiger partial charge in [0.15, 0.2) is 17.7 Å². The van der Waals surface area contributed by atoms with Crippen LogP contribution < -0.4 is 0 Å². The predicted molar refractivity (Wildman–Crippen MR) is 111 cm³/mol. The lowest BCUT2D eigenvalue weighted by Crippen LogP contribution is -2.40. The molecule has 0 amide bonds. The van der Waals surface area contributed by atoms with Crippen LogP contribution in [0.2, 0.25) is 0 Å². The molecular weight excluding hydrogens is 438 g/mol. The van der Waals surface area contributed by atoms with E-state index in [0.29, 0.717) is 0 Å². The number of aliphatic hydroxyl groups excluding tert-OH is 1. The number of benzene rings is 1. The molecule has 1 aromatic carbocycles. The summed E-state index contributed by atoms with van der Waals surface area (Å²) in [6.45, 7) is 11.0. The summed E-state index contributed by atoms with van der Waals surface area (Å²) in [7, 11) is 0. The minimum Gasteiger partial charge on any atom is -0.429 e. The van der Waals surface area contributed by atoms with Crippen LogP contribution in [0, 0.1) is 10.1 Å². The molecule has 0 saturated carbocycles. The summed E-state index contributed by atoms with van der Waals surface area (Å²) in [6.07, 6.45) is -4.89. The number of carbonyl (C=O) groups excluding carboxylic acids is 1. The topological polar surface area (TPSA) is 136 Å². The summed E-state index contributed by atoms with van der Waals surface area (Å²) in [4.78, 5) is 23.0. The van der Waals surface area contributed by atoms with Gasteiger partial charge < -0.3 is 33.5 Å². The molecule has 0 radical (unpaired) electrons. The standard InChI is InChI=1S/C22H27NO10/c1-11(15(24)12-6-8-13(9-7-12)23(26)27)19(25)30-20-18-17(32-22(4,5)33-18)16(29-20)14-10-28-21(2,3)31-14/h6-9,14-18,20,24H,1,10H2,2-5H3/t14-,15+,16-,17+,18+,20-/m1/s1. The fraction of sp³-hybridized carbons (Fsp3) is 0.591. The first-order chi connectivity index (χ1) is 15.4. The zero-order valence-corrected chi connectivity index (χ0v) is 18.8. The third kappa shape index (κ3) is 4.79. The van der Waals surface area contributed by atoms with E-state index in [4.69, 9.17) is 28.4 Å². The molecule has 0 bridgehead atoms. The van der Waals surface area contributed by atoms with Crippen LogP contribution in [0.3, 0.4) is 0 Å². The van der Waals surface area contributed by atoms with Gasteiger partial charge in [0.1, 0.15) is 24.4 Å².